The molecule has 0 radical (unpaired) electrons. The maximum Gasteiger partial charge on any atom is 0.215 e. The second kappa shape index (κ2) is 9.96. The number of hydrogen-bond donors (Lipinski definition) is 1. The van der Waals surface area contributed by atoms with Crippen LogP contribution in [0.25, 0.3) is 0 Å². The fourth-order valence-corrected chi connectivity index (χ4v) is 0.580. The van der Waals surface area contributed by atoms with Crippen LogP contribution in [-0.2, 0) is 0 Å². The van der Waals surface area contributed by atoms with E-state index in [1.165, 1.54) is 12.6 Å². The number of halogens is 1. The number of aromatic nitrogens is 1. The Morgan fingerprint density at radius 1 is 1.36 bits per heavy atom. The summed E-state index contributed by atoms with van der Waals surface area (Å²) in [5.74, 6) is -0.454. The van der Waals surface area contributed by atoms with E-state index >= 15 is 0 Å². The third-order valence-corrected chi connectivity index (χ3v) is 1.04. The average molecular weight is 200 g/mol. The van der Waals surface area contributed by atoms with Crippen molar-refractivity contribution in [2.45, 2.75) is 41.0 Å². The van der Waals surface area contributed by atoms with Crippen molar-refractivity contribution < 1.29 is 4.39 Å². The lowest BCUT2D eigenvalue weighted by molar-refractivity contribution is 0.575. The minimum Gasteiger partial charge on any atom is -0.397 e. The summed E-state index contributed by atoms with van der Waals surface area (Å²) in [7, 11) is 0. The van der Waals surface area contributed by atoms with Crippen molar-refractivity contribution in [2.75, 3.05) is 5.73 Å². The van der Waals surface area contributed by atoms with E-state index in [1.54, 1.807) is 13.0 Å². The van der Waals surface area contributed by atoms with Gasteiger partial charge in [0.2, 0.25) is 5.95 Å². The first-order valence-corrected chi connectivity index (χ1v) is 4.99. The Balaban J connectivity index is 0. The topological polar surface area (TPSA) is 38.9 Å². The standard InChI is InChI=1S/C6H7FN2.C3H8.C2H6/c1-4-2-5(8)3-9-6(4)7;1-3-2;1-2/h2-3H,8H2,1H3;3H2,1-2H3;1-2H3. The minimum absolute atomic E-state index is 0.454. The molecule has 0 unspecified atom stereocenters. The number of anilines is 1. The van der Waals surface area contributed by atoms with Gasteiger partial charge in [0.05, 0.1) is 11.9 Å². The summed E-state index contributed by atoms with van der Waals surface area (Å²) in [5.41, 5.74) is 6.27. The van der Waals surface area contributed by atoms with Crippen LogP contribution in [0.2, 0.25) is 0 Å². The zero-order valence-corrected chi connectivity index (χ0v) is 9.76. The molecule has 2 N–H and O–H groups in total. The van der Waals surface area contributed by atoms with Crippen LogP contribution in [0.3, 0.4) is 0 Å². The molecule has 0 saturated carbocycles. The Morgan fingerprint density at radius 2 is 1.79 bits per heavy atom. The van der Waals surface area contributed by atoms with Crippen molar-refractivity contribution >= 4 is 5.69 Å². The molecule has 2 nitrogen and oxygen atoms in total. The molecule has 0 aliphatic rings. The highest BCUT2D eigenvalue weighted by Crippen LogP contribution is 2.05. The quantitative estimate of drug-likeness (QED) is 0.650. The highest BCUT2D eigenvalue weighted by molar-refractivity contribution is 5.36. The van der Waals surface area contributed by atoms with Gasteiger partial charge < -0.3 is 5.73 Å². The number of aryl methyl sites for hydroxylation is 1. The van der Waals surface area contributed by atoms with Gasteiger partial charge in [-0.2, -0.15) is 4.39 Å². The zero-order chi connectivity index (χ0) is 11.6. The van der Waals surface area contributed by atoms with Gasteiger partial charge in [-0.3, -0.25) is 0 Å². The van der Waals surface area contributed by atoms with Crippen LogP contribution in [0, 0.1) is 12.9 Å². The fourth-order valence-electron chi connectivity index (χ4n) is 0.580. The lowest BCUT2D eigenvalue weighted by atomic mass is 10.3. The van der Waals surface area contributed by atoms with Crippen LogP contribution in [0.1, 0.15) is 39.7 Å². The van der Waals surface area contributed by atoms with Crippen LogP contribution in [-0.4, -0.2) is 4.98 Å². The van der Waals surface area contributed by atoms with Gasteiger partial charge in [-0.15, -0.1) is 0 Å². The molecule has 0 aliphatic heterocycles. The average Bonchev–Trinajstić information content (AvgIpc) is 2.17. The summed E-state index contributed by atoms with van der Waals surface area (Å²) in [6, 6.07) is 1.54. The smallest absolute Gasteiger partial charge is 0.215 e. The Labute approximate surface area is 86.4 Å². The molecule has 14 heavy (non-hydrogen) atoms. The molecule has 1 aromatic rings. The summed E-state index contributed by atoms with van der Waals surface area (Å²) >= 11 is 0. The van der Waals surface area contributed by atoms with E-state index in [4.69, 9.17) is 5.73 Å². The highest BCUT2D eigenvalue weighted by atomic mass is 19.1. The van der Waals surface area contributed by atoms with E-state index in [0.717, 1.165) is 0 Å². The van der Waals surface area contributed by atoms with Crippen LogP contribution >= 0.6 is 0 Å². The van der Waals surface area contributed by atoms with Crippen molar-refractivity contribution in [3.8, 4) is 0 Å². The third-order valence-electron chi connectivity index (χ3n) is 1.04. The van der Waals surface area contributed by atoms with E-state index in [0.29, 0.717) is 11.3 Å². The largest absolute Gasteiger partial charge is 0.397 e. The van der Waals surface area contributed by atoms with Crippen LogP contribution in [0.15, 0.2) is 12.3 Å². The Kier molecular flexibility index (Phi) is 10.9. The second-order valence-corrected chi connectivity index (χ2v) is 2.58. The first kappa shape index (κ1) is 15.4. The summed E-state index contributed by atoms with van der Waals surface area (Å²) in [5, 5.41) is 0. The van der Waals surface area contributed by atoms with Crippen molar-refractivity contribution in [1.82, 2.24) is 4.98 Å². The lowest BCUT2D eigenvalue weighted by Crippen LogP contribution is -1.91. The molecular weight excluding hydrogens is 179 g/mol. The molecule has 3 heteroatoms. The Bertz CT molecular complexity index is 237. The molecule has 0 atom stereocenters. The van der Waals surface area contributed by atoms with Gasteiger partial charge in [0, 0.05) is 5.56 Å². The summed E-state index contributed by atoms with van der Waals surface area (Å²) < 4.78 is 12.3. The Morgan fingerprint density at radius 3 is 2.07 bits per heavy atom. The molecule has 1 aromatic heterocycles. The molecular formula is C11H21FN2. The van der Waals surface area contributed by atoms with Gasteiger partial charge in [-0.1, -0.05) is 34.1 Å². The number of nitrogens with two attached hydrogens (primary N) is 1. The van der Waals surface area contributed by atoms with Crippen molar-refractivity contribution in [1.29, 1.82) is 0 Å². The van der Waals surface area contributed by atoms with Crippen molar-refractivity contribution in [3.63, 3.8) is 0 Å². The first-order chi connectivity index (χ1) is 6.61. The van der Waals surface area contributed by atoms with Gasteiger partial charge in [0.25, 0.3) is 0 Å². The predicted molar refractivity (Wildman–Crippen MR) is 60.7 cm³/mol. The van der Waals surface area contributed by atoms with Gasteiger partial charge in [-0.05, 0) is 13.0 Å². The van der Waals surface area contributed by atoms with Crippen LogP contribution in [0.4, 0.5) is 10.1 Å². The van der Waals surface area contributed by atoms with E-state index in [9.17, 15) is 4.39 Å². The summed E-state index contributed by atoms with van der Waals surface area (Å²) in [4.78, 5) is 3.39. The normalized spacial score (nSPS) is 7.86. The maximum atomic E-state index is 12.3. The van der Waals surface area contributed by atoms with Crippen molar-refractivity contribution in [3.05, 3.63) is 23.8 Å². The SMILES string of the molecule is CC.CCC.Cc1cc(N)cnc1F. The number of nitrogens with zero attached hydrogens (tertiary/aromatic N) is 1. The molecule has 0 bridgehead atoms. The van der Waals surface area contributed by atoms with E-state index in [1.807, 2.05) is 13.8 Å². The van der Waals surface area contributed by atoms with Gasteiger partial charge in [0.15, 0.2) is 0 Å². The predicted octanol–water partition coefficient (Wildman–Crippen LogP) is 3.55. The van der Waals surface area contributed by atoms with Crippen LogP contribution in [0.5, 0.6) is 0 Å². The summed E-state index contributed by atoms with van der Waals surface area (Å²) in [6.45, 7) is 9.87. The number of hydrogen-bond acceptors (Lipinski definition) is 2. The number of pyridine rings is 1. The van der Waals surface area contributed by atoms with E-state index in [-0.39, 0.29) is 0 Å². The first-order valence-electron chi connectivity index (χ1n) is 4.99. The zero-order valence-electron chi connectivity index (χ0n) is 9.76. The van der Waals surface area contributed by atoms with E-state index < -0.39 is 5.95 Å². The third kappa shape index (κ3) is 7.53. The second-order valence-electron chi connectivity index (χ2n) is 2.58. The van der Waals surface area contributed by atoms with Gasteiger partial charge in [0.1, 0.15) is 0 Å². The molecule has 82 valence electrons. The maximum absolute atomic E-state index is 12.3. The number of rotatable bonds is 0. The van der Waals surface area contributed by atoms with Crippen molar-refractivity contribution in [2.24, 2.45) is 0 Å². The summed E-state index contributed by atoms with van der Waals surface area (Å²) in [6.07, 6.45) is 2.54. The molecule has 0 aromatic carbocycles. The highest BCUT2D eigenvalue weighted by Gasteiger charge is 1.95. The fraction of sp³-hybridized carbons (Fsp3) is 0.545. The van der Waals surface area contributed by atoms with E-state index in [2.05, 4.69) is 18.8 Å². The van der Waals surface area contributed by atoms with Crippen LogP contribution < -0.4 is 5.73 Å². The molecule has 0 fully saturated rings. The Hall–Kier alpha value is -1.12. The molecule has 0 spiro atoms. The lowest BCUT2D eigenvalue weighted by Gasteiger charge is -1.94. The monoisotopic (exact) mass is 200 g/mol. The van der Waals surface area contributed by atoms with Gasteiger partial charge >= 0.3 is 0 Å². The molecule has 0 aliphatic carbocycles. The molecule has 0 saturated heterocycles. The van der Waals surface area contributed by atoms with Gasteiger partial charge in [-0.25, -0.2) is 4.98 Å². The molecule has 0 amide bonds. The number of nitrogen functional groups attached to an aromatic ring is 1. The molecule has 1 rings (SSSR count). The molecule has 1 heterocycles. The minimum atomic E-state index is -0.454.